The van der Waals surface area contributed by atoms with E-state index in [0.717, 1.165) is 17.0 Å². The molecule has 0 saturated carbocycles. The number of aliphatic imine (C=N–C) groups is 1. The van der Waals surface area contributed by atoms with Crippen molar-refractivity contribution in [3.63, 3.8) is 0 Å². The molecule has 0 fully saturated rings. The Balaban J connectivity index is 0.00000364. The second-order valence-electron chi connectivity index (χ2n) is 6.27. The van der Waals surface area contributed by atoms with E-state index in [1.54, 1.807) is 30.3 Å². The Morgan fingerprint density at radius 3 is 2.59 bits per heavy atom. The molecular formula is C19H28IN5OS. The lowest BCUT2D eigenvalue weighted by atomic mass is 10.1. The van der Waals surface area contributed by atoms with Crippen molar-refractivity contribution in [1.29, 1.82) is 0 Å². The predicted octanol–water partition coefficient (Wildman–Crippen LogP) is 3.00. The number of nitrogens with one attached hydrogen (secondary N) is 2. The molecule has 1 aromatic heterocycles. The molecule has 27 heavy (non-hydrogen) atoms. The van der Waals surface area contributed by atoms with Gasteiger partial charge >= 0.3 is 0 Å². The molecule has 0 aliphatic carbocycles. The Morgan fingerprint density at radius 1 is 1.30 bits per heavy atom. The molecule has 1 aromatic carbocycles. The zero-order valence-corrected chi connectivity index (χ0v) is 19.4. The average Bonchev–Trinajstić information content (AvgIpc) is 3.04. The van der Waals surface area contributed by atoms with Gasteiger partial charge in [0.25, 0.3) is 0 Å². The van der Waals surface area contributed by atoms with Gasteiger partial charge < -0.3 is 15.5 Å². The van der Waals surface area contributed by atoms with Gasteiger partial charge in [0.15, 0.2) is 5.96 Å². The van der Waals surface area contributed by atoms with Crippen LogP contribution in [0.4, 0.5) is 0 Å². The molecule has 1 amide bonds. The first-order valence-corrected chi connectivity index (χ1v) is 9.48. The summed E-state index contributed by atoms with van der Waals surface area (Å²) in [5, 5.41) is 7.77. The third kappa shape index (κ3) is 8.25. The van der Waals surface area contributed by atoms with E-state index in [-0.39, 0.29) is 42.5 Å². The fourth-order valence-electron chi connectivity index (χ4n) is 2.28. The molecule has 1 atom stereocenters. The minimum Gasteiger partial charge on any atom is -0.356 e. The SMILES string of the molecule is Cc1cnc(CCNC(=NCC(=O)N(C)C)NC(C)c2ccccc2)s1.I. The number of benzene rings is 1. The van der Waals surface area contributed by atoms with E-state index in [2.05, 4.69) is 46.6 Å². The maximum atomic E-state index is 11.9. The highest BCUT2D eigenvalue weighted by molar-refractivity contribution is 14.0. The molecule has 6 nitrogen and oxygen atoms in total. The lowest BCUT2D eigenvalue weighted by Crippen LogP contribution is -2.40. The highest BCUT2D eigenvalue weighted by Gasteiger charge is 2.10. The Labute approximate surface area is 182 Å². The first-order valence-electron chi connectivity index (χ1n) is 8.67. The number of halogens is 1. The fraction of sp³-hybridized carbons (Fsp3) is 0.421. The maximum absolute atomic E-state index is 11.9. The van der Waals surface area contributed by atoms with Crippen LogP contribution in [-0.4, -0.2) is 48.9 Å². The molecule has 1 heterocycles. The number of thiazole rings is 1. The van der Waals surface area contributed by atoms with Crippen LogP contribution in [-0.2, 0) is 11.2 Å². The van der Waals surface area contributed by atoms with Crippen molar-refractivity contribution in [2.24, 2.45) is 4.99 Å². The van der Waals surface area contributed by atoms with Gasteiger partial charge in [0.05, 0.1) is 11.0 Å². The Morgan fingerprint density at radius 2 is 2.00 bits per heavy atom. The number of likely N-dealkylation sites (N-methyl/N-ethyl adjacent to an activating group) is 1. The molecular weight excluding hydrogens is 473 g/mol. The number of nitrogens with zero attached hydrogens (tertiary/aromatic N) is 3. The largest absolute Gasteiger partial charge is 0.356 e. The third-order valence-corrected chi connectivity index (χ3v) is 4.80. The minimum atomic E-state index is -0.0333. The van der Waals surface area contributed by atoms with E-state index in [9.17, 15) is 4.79 Å². The molecule has 148 valence electrons. The average molecular weight is 501 g/mol. The number of carbonyl (C=O) groups excluding carboxylic acids is 1. The Kier molecular flexibility index (Phi) is 10.3. The molecule has 0 spiro atoms. The number of amides is 1. The van der Waals surface area contributed by atoms with Crippen molar-refractivity contribution in [2.45, 2.75) is 26.3 Å². The maximum Gasteiger partial charge on any atom is 0.243 e. The molecule has 0 saturated heterocycles. The molecule has 0 aliphatic rings. The van der Waals surface area contributed by atoms with Gasteiger partial charge in [-0.2, -0.15) is 0 Å². The zero-order valence-electron chi connectivity index (χ0n) is 16.2. The van der Waals surface area contributed by atoms with Gasteiger partial charge in [-0.3, -0.25) is 4.79 Å². The van der Waals surface area contributed by atoms with Gasteiger partial charge in [0, 0.05) is 38.1 Å². The van der Waals surface area contributed by atoms with Crippen LogP contribution in [0.1, 0.15) is 28.4 Å². The van der Waals surface area contributed by atoms with Crippen LogP contribution < -0.4 is 10.6 Å². The standard InChI is InChI=1S/C19H27N5OS.HI/c1-14-12-21-17(26-14)10-11-20-19(22-13-18(25)24(3)4)23-15(2)16-8-6-5-7-9-16;/h5-9,12,15H,10-11,13H2,1-4H3,(H2,20,22,23);1H. The summed E-state index contributed by atoms with van der Waals surface area (Å²) in [5.74, 6) is 0.596. The van der Waals surface area contributed by atoms with Crippen LogP contribution in [0.2, 0.25) is 0 Å². The third-order valence-electron chi connectivity index (χ3n) is 3.82. The van der Waals surface area contributed by atoms with Crippen molar-refractivity contribution < 1.29 is 4.79 Å². The molecule has 0 bridgehead atoms. The molecule has 1 unspecified atom stereocenters. The first-order chi connectivity index (χ1) is 12.5. The number of hydrogen-bond acceptors (Lipinski definition) is 4. The smallest absolute Gasteiger partial charge is 0.243 e. The Bertz CT molecular complexity index is 733. The number of rotatable bonds is 7. The van der Waals surface area contributed by atoms with Gasteiger partial charge in [-0.05, 0) is 19.4 Å². The minimum absolute atomic E-state index is 0. The Hall–Kier alpha value is -1.68. The monoisotopic (exact) mass is 501 g/mol. The van der Waals surface area contributed by atoms with E-state index >= 15 is 0 Å². The lowest BCUT2D eigenvalue weighted by Gasteiger charge is -2.19. The van der Waals surface area contributed by atoms with Gasteiger partial charge in [-0.15, -0.1) is 35.3 Å². The molecule has 2 aromatic rings. The van der Waals surface area contributed by atoms with Crippen LogP contribution in [0.3, 0.4) is 0 Å². The number of hydrogen-bond donors (Lipinski definition) is 2. The molecule has 8 heteroatoms. The van der Waals surface area contributed by atoms with Crippen molar-refractivity contribution in [2.75, 3.05) is 27.2 Å². The molecule has 0 aliphatic heterocycles. The molecule has 2 rings (SSSR count). The van der Waals surface area contributed by atoms with Gasteiger partial charge in [-0.1, -0.05) is 30.3 Å². The van der Waals surface area contributed by atoms with E-state index in [4.69, 9.17) is 0 Å². The highest BCUT2D eigenvalue weighted by Crippen LogP contribution is 2.12. The summed E-state index contributed by atoms with van der Waals surface area (Å²) in [4.78, 5) is 23.4. The van der Waals surface area contributed by atoms with Gasteiger partial charge in [-0.25, -0.2) is 9.98 Å². The highest BCUT2D eigenvalue weighted by atomic mass is 127. The van der Waals surface area contributed by atoms with Crippen molar-refractivity contribution >= 4 is 47.2 Å². The number of guanidine groups is 1. The quantitative estimate of drug-likeness (QED) is 0.348. The number of aryl methyl sites for hydroxylation is 1. The zero-order chi connectivity index (χ0) is 18.9. The second-order valence-corrected chi connectivity index (χ2v) is 7.59. The van der Waals surface area contributed by atoms with Gasteiger partial charge in [0.1, 0.15) is 6.54 Å². The molecule has 2 N–H and O–H groups in total. The summed E-state index contributed by atoms with van der Waals surface area (Å²) < 4.78 is 0. The summed E-state index contributed by atoms with van der Waals surface area (Å²) >= 11 is 1.70. The normalized spacial score (nSPS) is 12.1. The van der Waals surface area contributed by atoms with Crippen molar-refractivity contribution in [3.05, 3.63) is 52.0 Å². The van der Waals surface area contributed by atoms with Crippen LogP contribution in [0, 0.1) is 6.92 Å². The van der Waals surface area contributed by atoms with Crippen LogP contribution >= 0.6 is 35.3 Å². The summed E-state index contributed by atoms with van der Waals surface area (Å²) in [5.41, 5.74) is 1.16. The fourth-order valence-corrected chi connectivity index (χ4v) is 3.06. The van der Waals surface area contributed by atoms with Crippen LogP contribution in [0.5, 0.6) is 0 Å². The van der Waals surface area contributed by atoms with E-state index in [1.165, 1.54) is 4.88 Å². The van der Waals surface area contributed by atoms with E-state index in [1.807, 2.05) is 24.4 Å². The second kappa shape index (κ2) is 11.9. The molecule has 0 radical (unpaired) electrons. The lowest BCUT2D eigenvalue weighted by molar-refractivity contribution is -0.127. The van der Waals surface area contributed by atoms with Crippen molar-refractivity contribution in [3.8, 4) is 0 Å². The van der Waals surface area contributed by atoms with Crippen molar-refractivity contribution in [1.82, 2.24) is 20.5 Å². The van der Waals surface area contributed by atoms with Crippen LogP contribution in [0.15, 0.2) is 41.5 Å². The first kappa shape index (κ1) is 23.4. The topological polar surface area (TPSA) is 69.6 Å². The number of aromatic nitrogens is 1. The summed E-state index contributed by atoms with van der Waals surface area (Å²) in [6, 6.07) is 10.2. The van der Waals surface area contributed by atoms with E-state index < -0.39 is 0 Å². The van der Waals surface area contributed by atoms with Gasteiger partial charge in [0.2, 0.25) is 5.91 Å². The summed E-state index contributed by atoms with van der Waals surface area (Å²) in [6.45, 7) is 4.94. The summed E-state index contributed by atoms with van der Waals surface area (Å²) in [6.07, 6.45) is 2.71. The number of carbonyl (C=O) groups is 1. The van der Waals surface area contributed by atoms with Crippen LogP contribution in [0.25, 0.3) is 0 Å². The predicted molar refractivity (Wildman–Crippen MR) is 123 cm³/mol. The summed E-state index contributed by atoms with van der Waals surface area (Å²) in [7, 11) is 3.46. The van der Waals surface area contributed by atoms with E-state index in [0.29, 0.717) is 12.5 Å².